The van der Waals surface area contributed by atoms with Crippen molar-refractivity contribution in [1.82, 2.24) is 0 Å². The minimum absolute atomic E-state index is 0.265. The molecule has 0 N–H and O–H groups in total. The molecule has 0 fully saturated rings. The summed E-state index contributed by atoms with van der Waals surface area (Å²) in [5, 5.41) is 3.57. The van der Waals surface area contributed by atoms with Gasteiger partial charge in [-0.2, -0.15) is 0 Å². The second-order valence-electron chi connectivity index (χ2n) is 4.31. The first-order valence-corrected chi connectivity index (χ1v) is 8.80. The lowest BCUT2D eigenvalue weighted by Crippen LogP contribution is -1.97. The van der Waals surface area contributed by atoms with Gasteiger partial charge in [0, 0.05) is 19.8 Å². The van der Waals surface area contributed by atoms with Gasteiger partial charge in [0.2, 0.25) is 0 Å². The highest BCUT2D eigenvalue weighted by molar-refractivity contribution is 9.10. The zero-order valence-corrected chi connectivity index (χ0v) is 14.8. The van der Waals surface area contributed by atoms with Crippen LogP contribution in [0.5, 0.6) is 0 Å². The molecule has 0 aliphatic carbocycles. The van der Waals surface area contributed by atoms with E-state index in [0.29, 0.717) is 10.6 Å². The molecule has 0 amide bonds. The van der Waals surface area contributed by atoms with Gasteiger partial charge in [-0.05, 0) is 50.5 Å². The molecule has 0 saturated heterocycles. The van der Waals surface area contributed by atoms with Gasteiger partial charge >= 0.3 is 0 Å². The molecule has 1 heterocycles. The topological polar surface area (TPSA) is 0 Å². The number of thiophene rings is 1. The van der Waals surface area contributed by atoms with Gasteiger partial charge in [-0.1, -0.05) is 45.7 Å². The van der Waals surface area contributed by atoms with Gasteiger partial charge in [0.25, 0.3) is 0 Å². The number of benzene rings is 2. The monoisotopic (exact) mass is 432 g/mol. The maximum absolute atomic E-state index is 14.1. The van der Waals surface area contributed by atoms with E-state index in [2.05, 4.69) is 31.9 Å². The number of fused-ring (bicyclic) bond motifs is 1. The highest BCUT2D eigenvalue weighted by Gasteiger charge is 2.21. The second kappa shape index (κ2) is 5.76. The van der Waals surface area contributed by atoms with Crippen LogP contribution in [-0.2, 0) is 0 Å². The fraction of sp³-hybridized carbons (Fsp3) is 0.0667. The molecular formula is C15H8Br2ClFS. The van der Waals surface area contributed by atoms with Gasteiger partial charge in [-0.25, -0.2) is 4.39 Å². The summed E-state index contributed by atoms with van der Waals surface area (Å²) in [6.45, 7) is 0. The Morgan fingerprint density at radius 2 is 1.90 bits per heavy atom. The number of rotatable bonds is 2. The number of halogens is 4. The van der Waals surface area contributed by atoms with Gasteiger partial charge in [-0.3, -0.25) is 0 Å². The Hall–Kier alpha value is -0.420. The van der Waals surface area contributed by atoms with Crippen molar-refractivity contribution in [2.45, 2.75) is 4.83 Å². The van der Waals surface area contributed by atoms with Crippen molar-refractivity contribution >= 4 is 64.9 Å². The quantitative estimate of drug-likeness (QED) is 0.383. The molecule has 1 aromatic heterocycles. The molecule has 0 spiro atoms. The SMILES string of the molecule is Fc1cccc(Cl)c1C(Br)c1csc2c(Br)cccc12. The molecule has 1 unspecified atom stereocenters. The van der Waals surface area contributed by atoms with E-state index in [9.17, 15) is 4.39 Å². The summed E-state index contributed by atoms with van der Waals surface area (Å²) < 4.78 is 16.3. The van der Waals surface area contributed by atoms with Crippen LogP contribution in [0.15, 0.2) is 46.3 Å². The molecule has 0 nitrogen and oxygen atoms in total. The lowest BCUT2D eigenvalue weighted by molar-refractivity contribution is 0.614. The average Bonchev–Trinajstić information content (AvgIpc) is 2.83. The normalized spacial score (nSPS) is 12.8. The molecule has 5 heteroatoms. The van der Waals surface area contributed by atoms with Crippen LogP contribution in [0.1, 0.15) is 16.0 Å². The molecular weight excluding hydrogens is 426 g/mol. The van der Waals surface area contributed by atoms with Crippen LogP contribution in [0.2, 0.25) is 5.02 Å². The Labute approximate surface area is 141 Å². The second-order valence-corrected chi connectivity index (χ2v) is 7.36. The van der Waals surface area contributed by atoms with Crippen molar-refractivity contribution in [2.24, 2.45) is 0 Å². The van der Waals surface area contributed by atoms with Gasteiger partial charge in [0.1, 0.15) is 5.82 Å². The molecule has 0 aliphatic heterocycles. The maximum atomic E-state index is 14.1. The smallest absolute Gasteiger partial charge is 0.129 e. The summed E-state index contributed by atoms with van der Waals surface area (Å²) in [7, 11) is 0. The van der Waals surface area contributed by atoms with Crippen LogP contribution >= 0.6 is 54.8 Å². The fourth-order valence-corrected chi connectivity index (χ4v) is 5.22. The van der Waals surface area contributed by atoms with E-state index in [0.717, 1.165) is 20.1 Å². The number of hydrogen-bond acceptors (Lipinski definition) is 1. The zero-order chi connectivity index (χ0) is 14.3. The van der Waals surface area contributed by atoms with E-state index < -0.39 is 0 Å². The van der Waals surface area contributed by atoms with E-state index >= 15 is 0 Å². The van der Waals surface area contributed by atoms with Gasteiger partial charge in [0.15, 0.2) is 0 Å². The van der Waals surface area contributed by atoms with E-state index in [4.69, 9.17) is 11.6 Å². The number of hydrogen-bond donors (Lipinski definition) is 0. The first-order chi connectivity index (χ1) is 9.59. The van der Waals surface area contributed by atoms with Crippen molar-refractivity contribution in [3.8, 4) is 0 Å². The summed E-state index contributed by atoms with van der Waals surface area (Å²) in [5.41, 5.74) is 1.51. The molecule has 0 saturated carbocycles. The van der Waals surface area contributed by atoms with Crippen LogP contribution in [0.4, 0.5) is 4.39 Å². The van der Waals surface area contributed by atoms with Crippen molar-refractivity contribution in [3.63, 3.8) is 0 Å². The van der Waals surface area contributed by atoms with E-state index in [1.54, 1.807) is 23.5 Å². The van der Waals surface area contributed by atoms with Crippen molar-refractivity contribution in [3.05, 3.63) is 68.2 Å². The summed E-state index contributed by atoms with van der Waals surface area (Å²) >= 11 is 14.9. The predicted octanol–water partition coefficient (Wildman–Crippen LogP) is 6.94. The predicted molar refractivity (Wildman–Crippen MR) is 91.7 cm³/mol. The molecule has 20 heavy (non-hydrogen) atoms. The third-order valence-electron chi connectivity index (χ3n) is 3.11. The van der Waals surface area contributed by atoms with Crippen molar-refractivity contribution in [1.29, 1.82) is 0 Å². The lowest BCUT2D eigenvalue weighted by Gasteiger charge is -2.12. The summed E-state index contributed by atoms with van der Waals surface area (Å²) in [6, 6.07) is 10.8. The molecule has 102 valence electrons. The Morgan fingerprint density at radius 3 is 2.65 bits per heavy atom. The molecule has 3 aromatic rings. The summed E-state index contributed by atoms with van der Waals surface area (Å²) in [5.74, 6) is -0.297. The zero-order valence-electron chi connectivity index (χ0n) is 10.0. The lowest BCUT2D eigenvalue weighted by atomic mass is 10.0. The Balaban J connectivity index is 2.18. The molecule has 0 aliphatic rings. The van der Waals surface area contributed by atoms with E-state index in [-0.39, 0.29) is 10.6 Å². The summed E-state index contributed by atoms with van der Waals surface area (Å²) in [4.78, 5) is -0.265. The van der Waals surface area contributed by atoms with Gasteiger partial charge in [-0.15, -0.1) is 11.3 Å². The average molecular weight is 435 g/mol. The van der Waals surface area contributed by atoms with Gasteiger partial charge in [0.05, 0.1) is 4.83 Å². The Kier molecular flexibility index (Phi) is 4.18. The Bertz CT molecular complexity index is 764. The fourth-order valence-electron chi connectivity index (χ4n) is 2.15. The van der Waals surface area contributed by atoms with Crippen LogP contribution in [-0.4, -0.2) is 0 Å². The largest absolute Gasteiger partial charge is 0.207 e. The highest BCUT2D eigenvalue weighted by Crippen LogP contribution is 2.43. The van der Waals surface area contributed by atoms with Crippen molar-refractivity contribution < 1.29 is 4.39 Å². The molecule has 0 radical (unpaired) electrons. The third-order valence-corrected chi connectivity index (χ3v) is 6.36. The summed E-state index contributed by atoms with van der Waals surface area (Å²) in [6.07, 6.45) is 0. The Morgan fingerprint density at radius 1 is 1.15 bits per heavy atom. The highest BCUT2D eigenvalue weighted by atomic mass is 79.9. The minimum Gasteiger partial charge on any atom is -0.207 e. The van der Waals surface area contributed by atoms with Crippen molar-refractivity contribution in [2.75, 3.05) is 0 Å². The first kappa shape index (κ1) is 14.5. The maximum Gasteiger partial charge on any atom is 0.129 e. The van der Waals surface area contributed by atoms with E-state index in [1.807, 2.05) is 23.6 Å². The van der Waals surface area contributed by atoms with Crippen LogP contribution in [0.3, 0.4) is 0 Å². The van der Waals surface area contributed by atoms with E-state index in [1.165, 1.54) is 6.07 Å². The third kappa shape index (κ3) is 2.43. The molecule has 1 atom stereocenters. The van der Waals surface area contributed by atoms with Crippen LogP contribution in [0, 0.1) is 5.82 Å². The molecule has 2 aromatic carbocycles. The first-order valence-electron chi connectivity index (χ1n) is 5.83. The molecule has 0 bridgehead atoms. The minimum atomic E-state index is -0.297. The van der Waals surface area contributed by atoms with Crippen LogP contribution < -0.4 is 0 Å². The standard InChI is InChI=1S/C15H8Br2ClFS/c16-10-4-1-3-8-9(7-20-15(8)10)14(17)13-11(18)5-2-6-12(13)19/h1-7,14H. The number of alkyl halides is 1. The van der Waals surface area contributed by atoms with Crippen LogP contribution in [0.25, 0.3) is 10.1 Å². The van der Waals surface area contributed by atoms with Gasteiger partial charge < -0.3 is 0 Å². The molecule has 3 rings (SSSR count).